The second kappa shape index (κ2) is 5.13. The van der Waals surface area contributed by atoms with Crippen LogP contribution in [0.1, 0.15) is 34.1 Å². The predicted octanol–water partition coefficient (Wildman–Crippen LogP) is 1.87. The normalized spacial score (nSPS) is 20.6. The number of nitrogens with one attached hydrogen (secondary N) is 2. The molecule has 1 aliphatic heterocycles. The molecule has 1 saturated heterocycles. The molecule has 0 saturated carbocycles. The first-order valence-corrected chi connectivity index (χ1v) is 5.91. The molecule has 1 atom stereocenters. The van der Waals surface area contributed by atoms with Gasteiger partial charge in [-0.2, -0.15) is 0 Å². The third-order valence-corrected chi connectivity index (χ3v) is 3.52. The quantitative estimate of drug-likeness (QED) is 0.659. The molecule has 0 amide bonds. The van der Waals surface area contributed by atoms with Crippen molar-refractivity contribution >= 4 is 0 Å². The van der Waals surface area contributed by atoms with Crippen molar-refractivity contribution in [2.75, 3.05) is 26.2 Å². The molecule has 2 heteroatoms. The molecule has 0 aliphatic carbocycles. The van der Waals surface area contributed by atoms with Crippen LogP contribution in [0, 0.1) is 17.3 Å². The van der Waals surface area contributed by atoms with Gasteiger partial charge in [0.1, 0.15) is 0 Å². The zero-order valence-electron chi connectivity index (χ0n) is 10.2. The Balaban J connectivity index is 1.97. The van der Waals surface area contributed by atoms with E-state index in [2.05, 4.69) is 38.3 Å². The molecule has 0 aromatic rings. The molecule has 14 heavy (non-hydrogen) atoms. The Morgan fingerprint density at radius 3 is 2.43 bits per heavy atom. The van der Waals surface area contributed by atoms with Gasteiger partial charge in [0.25, 0.3) is 0 Å². The third kappa shape index (κ3) is 3.97. The van der Waals surface area contributed by atoms with Crippen LogP contribution < -0.4 is 10.6 Å². The summed E-state index contributed by atoms with van der Waals surface area (Å²) in [7, 11) is 0. The summed E-state index contributed by atoms with van der Waals surface area (Å²) in [5, 5.41) is 6.87. The van der Waals surface area contributed by atoms with Gasteiger partial charge in [-0.15, -0.1) is 0 Å². The maximum Gasteiger partial charge on any atom is -0.000778 e. The highest BCUT2D eigenvalue weighted by Crippen LogP contribution is 2.24. The van der Waals surface area contributed by atoms with E-state index in [9.17, 15) is 0 Å². The van der Waals surface area contributed by atoms with E-state index in [1.54, 1.807) is 0 Å². The maximum absolute atomic E-state index is 3.56. The highest BCUT2D eigenvalue weighted by Gasteiger charge is 2.20. The molecule has 0 spiro atoms. The van der Waals surface area contributed by atoms with Crippen molar-refractivity contribution in [3.8, 4) is 0 Å². The highest BCUT2D eigenvalue weighted by atomic mass is 15.0. The summed E-state index contributed by atoms with van der Waals surface area (Å²) in [5.74, 6) is 1.69. The van der Waals surface area contributed by atoms with E-state index in [0.717, 1.165) is 18.4 Å². The minimum absolute atomic E-state index is 0.436. The van der Waals surface area contributed by atoms with Crippen molar-refractivity contribution in [2.24, 2.45) is 17.3 Å². The van der Waals surface area contributed by atoms with E-state index >= 15 is 0 Å². The molecule has 0 bridgehead atoms. The Bertz CT molecular complexity index is 156. The van der Waals surface area contributed by atoms with Crippen LogP contribution in [-0.2, 0) is 0 Å². The predicted molar refractivity (Wildman–Crippen MR) is 62.5 cm³/mol. The Morgan fingerprint density at radius 1 is 1.36 bits per heavy atom. The van der Waals surface area contributed by atoms with Crippen molar-refractivity contribution in [3.63, 3.8) is 0 Å². The van der Waals surface area contributed by atoms with Gasteiger partial charge in [-0.1, -0.05) is 27.7 Å². The largest absolute Gasteiger partial charge is 0.316 e. The lowest BCUT2D eigenvalue weighted by Crippen LogP contribution is -2.43. The SMILES string of the molecule is CC(CNCCC1CNC1)C(C)(C)C. The zero-order valence-corrected chi connectivity index (χ0v) is 10.2. The fourth-order valence-electron chi connectivity index (χ4n) is 1.48. The smallest absolute Gasteiger partial charge is 0.000778 e. The van der Waals surface area contributed by atoms with Gasteiger partial charge in [-0.05, 0) is 49.9 Å². The van der Waals surface area contributed by atoms with Gasteiger partial charge in [0, 0.05) is 0 Å². The Kier molecular flexibility index (Phi) is 4.39. The van der Waals surface area contributed by atoms with E-state index in [4.69, 9.17) is 0 Å². The van der Waals surface area contributed by atoms with Crippen LogP contribution in [-0.4, -0.2) is 26.2 Å². The molecule has 1 unspecified atom stereocenters. The van der Waals surface area contributed by atoms with E-state index < -0.39 is 0 Å². The van der Waals surface area contributed by atoms with Gasteiger partial charge in [-0.3, -0.25) is 0 Å². The molecule has 1 aliphatic rings. The van der Waals surface area contributed by atoms with Gasteiger partial charge < -0.3 is 10.6 Å². The second-order valence-corrected chi connectivity index (χ2v) is 5.78. The topological polar surface area (TPSA) is 24.1 Å². The monoisotopic (exact) mass is 198 g/mol. The van der Waals surface area contributed by atoms with Crippen molar-refractivity contribution in [2.45, 2.75) is 34.1 Å². The van der Waals surface area contributed by atoms with Crippen LogP contribution in [0.15, 0.2) is 0 Å². The molecule has 1 heterocycles. The van der Waals surface area contributed by atoms with E-state index in [0.29, 0.717) is 5.41 Å². The van der Waals surface area contributed by atoms with Crippen LogP contribution in [0.3, 0.4) is 0 Å². The highest BCUT2D eigenvalue weighted by molar-refractivity contribution is 4.76. The van der Waals surface area contributed by atoms with Crippen molar-refractivity contribution in [1.82, 2.24) is 10.6 Å². The van der Waals surface area contributed by atoms with Gasteiger partial charge >= 0.3 is 0 Å². The maximum atomic E-state index is 3.56. The molecular formula is C12H26N2. The summed E-state index contributed by atoms with van der Waals surface area (Å²) < 4.78 is 0. The minimum atomic E-state index is 0.436. The number of rotatable bonds is 5. The molecule has 1 rings (SSSR count). The van der Waals surface area contributed by atoms with Crippen LogP contribution in [0.4, 0.5) is 0 Å². The standard InChI is InChI=1S/C12H26N2/c1-10(12(2,3)4)7-13-6-5-11-8-14-9-11/h10-11,13-14H,5-9H2,1-4H3. The lowest BCUT2D eigenvalue weighted by atomic mass is 9.82. The lowest BCUT2D eigenvalue weighted by Gasteiger charge is -2.29. The average molecular weight is 198 g/mol. The van der Waals surface area contributed by atoms with Gasteiger partial charge in [0.15, 0.2) is 0 Å². The molecule has 2 nitrogen and oxygen atoms in total. The minimum Gasteiger partial charge on any atom is -0.316 e. The summed E-state index contributed by atoms with van der Waals surface area (Å²) in [6.45, 7) is 14.1. The van der Waals surface area contributed by atoms with Gasteiger partial charge in [0.2, 0.25) is 0 Å². The summed E-state index contributed by atoms with van der Waals surface area (Å²) in [4.78, 5) is 0. The molecule has 1 fully saturated rings. The molecule has 0 aromatic heterocycles. The third-order valence-electron chi connectivity index (χ3n) is 3.52. The zero-order chi connectivity index (χ0) is 10.6. The van der Waals surface area contributed by atoms with Crippen molar-refractivity contribution in [3.05, 3.63) is 0 Å². The summed E-state index contributed by atoms with van der Waals surface area (Å²) in [5.41, 5.74) is 0.436. The second-order valence-electron chi connectivity index (χ2n) is 5.78. The summed E-state index contributed by atoms with van der Waals surface area (Å²) >= 11 is 0. The average Bonchev–Trinajstić information content (AvgIpc) is 1.98. The Labute approximate surface area is 88.8 Å². The van der Waals surface area contributed by atoms with Gasteiger partial charge in [0.05, 0.1) is 0 Å². The van der Waals surface area contributed by atoms with Crippen molar-refractivity contribution < 1.29 is 0 Å². The Morgan fingerprint density at radius 2 is 2.00 bits per heavy atom. The van der Waals surface area contributed by atoms with Crippen LogP contribution in [0.2, 0.25) is 0 Å². The Hall–Kier alpha value is -0.0800. The van der Waals surface area contributed by atoms with E-state index in [-0.39, 0.29) is 0 Å². The molecule has 0 aromatic carbocycles. The summed E-state index contributed by atoms with van der Waals surface area (Å²) in [6.07, 6.45) is 1.34. The van der Waals surface area contributed by atoms with Crippen molar-refractivity contribution in [1.29, 1.82) is 0 Å². The van der Waals surface area contributed by atoms with Gasteiger partial charge in [-0.25, -0.2) is 0 Å². The first kappa shape index (κ1) is 12.0. The van der Waals surface area contributed by atoms with Crippen LogP contribution >= 0.6 is 0 Å². The first-order chi connectivity index (χ1) is 6.50. The van der Waals surface area contributed by atoms with E-state index in [1.165, 1.54) is 26.1 Å². The fourth-order valence-corrected chi connectivity index (χ4v) is 1.48. The first-order valence-electron chi connectivity index (χ1n) is 5.91. The van der Waals surface area contributed by atoms with Crippen LogP contribution in [0.5, 0.6) is 0 Å². The molecular weight excluding hydrogens is 172 g/mol. The molecule has 0 radical (unpaired) electrons. The molecule has 84 valence electrons. The fraction of sp³-hybridized carbons (Fsp3) is 1.00. The lowest BCUT2D eigenvalue weighted by molar-refractivity contribution is 0.247. The number of hydrogen-bond donors (Lipinski definition) is 2. The number of hydrogen-bond acceptors (Lipinski definition) is 2. The van der Waals surface area contributed by atoms with E-state index in [1.807, 2.05) is 0 Å². The molecule has 2 N–H and O–H groups in total. The summed E-state index contributed by atoms with van der Waals surface area (Å²) in [6, 6.07) is 0. The van der Waals surface area contributed by atoms with Crippen LogP contribution in [0.25, 0.3) is 0 Å².